The van der Waals surface area contributed by atoms with Gasteiger partial charge in [0.1, 0.15) is 5.75 Å². The van der Waals surface area contributed by atoms with E-state index in [9.17, 15) is 4.21 Å². The first-order chi connectivity index (χ1) is 5.18. The molecule has 1 rings (SSSR count). The third kappa shape index (κ3) is 2.69. The summed E-state index contributed by atoms with van der Waals surface area (Å²) in [5.41, 5.74) is 0.739. The van der Waals surface area contributed by atoms with Gasteiger partial charge in [-0.1, -0.05) is 12.1 Å². The van der Waals surface area contributed by atoms with Crippen molar-refractivity contribution >= 4 is 11.1 Å². The fourth-order valence-electron chi connectivity index (χ4n) is 0.735. The number of aromatic hydroxyl groups is 1. The van der Waals surface area contributed by atoms with Crippen LogP contribution in [0.2, 0.25) is 0 Å². The Balaban J connectivity index is 2.74. The minimum atomic E-state index is -1.80. The van der Waals surface area contributed by atoms with Gasteiger partial charge in [0.2, 0.25) is 0 Å². The largest absolute Gasteiger partial charge is 0.508 e. The van der Waals surface area contributed by atoms with Gasteiger partial charge in [-0.3, -0.25) is 0 Å². The predicted octanol–water partition coefficient (Wildman–Crippen LogP) is 1.11. The average molecular weight is 172 g/mol. The molecular weight excluding hydrogens is 164 g/mol. The fourth-order valence-corrected chi connectivity index (χ4v) is 1.21. The summed E-state index contributed by atoms with van der Waals surface area (Å²) in [6, 6.07) is 6.21. The molecule has 0 aliphatic carbocycles. The second-order valence-corrected chi connectivity index (χ2v) is 3.06. The van der Waals surface area contributed by atoms with E-state index in [2.05, 4.69) is 0 Å². The van der Waals surface area contributed by atoms with E-state index in [1.54, 1.807) is 12.1 Å². The molecule has 11 heavy (non-hydrogen) atoms. The van der Waals surface area contributed by atoms with E-state index in [1.807, 2.05) is 0 Å². The molecule has 2 N–H and O–H groups in total. The van der Waals surface area contributed by atoms with Crippen LogP contribution in [-0.2, 0) is 16.8 Å². The number of hydrogen-bond acceptors (Lipinski definition) is 2. The van der Waals surface area contributed by atoms with Gasteiger partial charge in [0.05, 0.1) is 5.75 Å². The van der Waals surface area contributed by atoms with Crippen molar-refractivity contribution in [2.45, 2.75) is 5.75 Å². The minimum absolute atomic E-state index is 0.111. The number of hydrogen-bond donors (Lipinski definition) is 2. The summed E-state index contributed by atoms with van der Waals surface area (Å²) >= 11 is -1.80. The lowest BCUT2D eigenvalue weighted by Gasteiger charge is -1.96. The zero-order chi connectivity index (χ0) is 8.27. The summed E-state index contributed by atoms with van der Waals surface area (Å²) in [5.74, 6) is 0.276. The lowest BCUT2D eigenvalue weighted by Crippen LogP contribution is -1.91. The SMILES string of the molecule is O=S(O)Cc1ccc(O)cc1. The topological polar surface area (TPSA) is 57.5 Å². The minimum Gasteiger partial charge on any atom is -0.508 e. The molecule has 0 bridgehead atoms. The summed E-state index contributed by atoms with van der Waals surface area (Å²) in [6.07, 6.45) is 0. The first kappa shape index (κ1) is 8.23. The van der Waals surface area contributed by atoms with Gasteiger partial charge in [0, 0.05) is 0 Å². The van der Waals surface area contributed by atoms with Crippen LogP contribution < -0.4 is 0 Å². The van der Waals surface area contributed by atoms with Crippen molar-refractivity contribution in [1.82, 2.24) is 0 Å². The van der Waals surface area contributed by atoms with Crippen molar-refractivity contribution < 1.29 is 13.9 Å². The first-order valence-corrected chi connectivity index (χ1v) is 4.31. The van der Waals surface area contributed by atoms with Gasteiger partial charge in [-0.05, 0) is 17.7 Å². The molecule has 0 aliphatic rings. The van der Waals surface area contributed by atoms with Crippen molar-refractivity contribution in [3.8, 4) is 5.75 Å². The molecule has 0 aliphatic heterocycles. The third-order valence-corrected chi connectivity index (χ3v) is 1.81. The molecule has 0 fully saturated rings. The highest BCUT2D eigenvalue weighted by molar-refractivity contribution is 7.78. The number of benzene rings is 1. The highest BCUT2D eigenvalue weighted by Crippen LogP contribution is 2.10. The number of phenols is 1. The Kier molecular flexibility index (Phi) is 2.62. The van der Waals surface area contributed by atoms with E-state index < -0.39 is 11.1 Å². The van der Waals surface area contributed by atoms with Crippen LogP contribution in [0.15, 0.2) is 24.3 Å². The molecule has 1 unspecified atom stereocenters. The van der Waals surface area contributed by atoms with Crippen LogP contribution in [-0.4, -0.2) is 13.9 Å². The molecule has 1 atom stereocenters. The Bertz CT molecular complexity index is 255. The van der Waals surface area contributed by atoms with Crippen molar-refractivity contribution in [2.75, 3.05) is 0 Å². The molecule has 0 spiro atoms. The molecule has 0 radical (unpaired) electrons. The van der Waals surface area contributed by atoms with Crippen molar-refractivity contribution in [3.05, 3.63) is 29.8 Å². The predicted molar refractivity (Wildman–Crippen MR) is 42.6 cm³/mol. The summed E-state index contributed by atoms with van der Waals surface area (Å²) in [4.78, 5) is 0. The average Bonchev–Trinajstić information content (AvgIpc) is 1.93. The van der Waals surface area contributed by atoms with E-state index in [-0.39, 0.29) is 11.5 Å². The summed E-state index contributed by atoms with van der Waals surface area (Å²) < 4.78 is 18.8. The molecule has 0 saturated carbocycles. The smallest absolute Gasteiger partial charge is 0.157 e. The maximum Gasteiger partial charge on any atom is 0.157 e. The van der Waals surface area contributed by atoms with E-state index in [1.165, 1.54) is 12.1 Å². The van der Waals surface area contributed by atoms with Gasteiger partial charge in [-0.25, -0.2) is 4.21 Å². The van der Waals surface area contributed by atoms with Gasteiger partial charge in [0.15, 0.2) is 11.1 Å². The first-order valence-electron chi connectivity index (χ1n) is 3.04. The number of rotatable bonds is 2. The highest BCUT2D eigenvalue weighted by Gasteiger charge is 1.96. The monoisotopic (exact) mass is 172 g/mol. The van der Waals surface area contributed by atoms with Gasteiger partial charge in [0.25, 0.3) is 0 Å². The second kappa shape index (κ2) is 3.50. The Morgan fingerprint density at radius 3 is 2.27 bits per heavy atom. The van der Waals surface area contributed by atoms with Gasteiger partial charge in [-0.2, -0.15) is 0 Å². The molecule has 0 saturated heterocycles. The lowest BCUT2D eigenvalue weighted by atomic mass is 10.2. The third-order valence-electron chi connectivity index (χ3n) is 1.23. The maximum absolute atomic E-state index is 10.3. The van der Waals surface area contributed by atoms with Gasteiger partial charge < -0.3 is 9.66 Å². The molecule has 1 aromatic rings. The van der Waals surface area contributed by atoms with E-state index >= 15 is 0 Å². The normalized spacial score (nSPS) is 12.8. The van der Waals surface area contributed by atoms with Crippen LogP contribution in [0, 0.1) is 0 Å². The van der Waals surface area contributed by atoms with E-state index in [4.69, 9.17) is 9.66 Å². The van der Waals surface area contributed by atoms with E-state index in [0.717, 1.165) is 5.56 Å². The summed E-state index contributed by atoms with van der Waals surface area (Å²) in [6.45, 7) is 0. The molecule has 0 amide bonds. The Labute approximate surface area is 67.0 Å². The molecule has 0 aromatic heterocycles. The van der Waals surface area contributed by atoms with Crippen LogP contribution in [0.25, 0.3) is 0 Å². The van der Waals surface area contributed by atoms with Crippen molar-refractivity contribution in [1.29, 1.82) is 0 Å². The highest BCUT2D eigenvalue weighted by atomic mass is 32.2. The van der Waals surface area contributed by atoms with Crippen LogP contribution in [0.3, 0.4) is 0 Å². The van der Waals surface area contributed by atoms with Crippen LogP contribution in [0.5, 0.6) is 5.75 Å². The molecular formula is C7H8O3S. The maximum atomic E-state index is 10.3. The Hall–Kier alpha value is -0.870. The van der Waals surface area contributed by atoms with Crippen molar-refractivity contribution in [2.24, 2.45) is 0 Å². The molecule has 60 valence electrons. The Morgan fingerprint density at radius 2 is 1.82 bits per heavy atom. The lowest BCUT2D eigenvalue weighted by molar-refractivity contribution is 0.475. The Morgan fingerprint density at radius 1 is 1.27 bits per heavy atom. The van der Waals surface area contributed by atoms with Gasteiger partial charge in [-0.15, -0.1) is 0 Å². The zero-order valence-electron chi connectivity index (χ0n) is 5.73. The van der Waals surface area contributed by atoms with Crippen LogP contribution >= 0.6 is 0 Å². The summed E-state index contributed by atoms with van der Waals surface area (Å²) in [7, 11) is 0. The standard InChI is InChI=1S/C7H8O3S/c8-7-3-1-6(2-4-7)5-11(9)10/h1-4,8H,5H2,(H,9,10). The fraction of sp³-hybridized carbons (Fsp3) is 0.143. The van der Waals surface area contributed by atoms with Crippen LogP contribution in [0.1, 0.15) is 5.56 Å². The number of phenolic OH excluding ortho intramolecular Hbond substituents is 1. The van der Waals surface area contributed by atoms with E-state index in [0.29, 0.717) is 0 Å². The zero-order valence-corrected chi connectivity index (χ0v) is 6.54. The van der Waals surface area contributed by atoms with Crippen molar-refractivity contribution in [3.63, 3.8) is 0 Å². The van der Waals surface area contributed by atoms with Gasteiger partial charge >= 0.3 is 0 Å². The molecule has 1 aromatic carbocycles. The molecule has 4 heteroatoms. The van der Waals surface area contributed by atoms with Crippen LogP contribution in [0.4, 0.5) is 0 Å². The molecule has 0 heterocycles. The quantitative estimate of drug-likeness (QED) is 0.657. The molecule has 3 nitrogen and oxygen atoms in total. The second-order valence-electron chi connectivity index (χ2n) is 2.13. The summed E-state index contributed by atoms with van der Waals surface area (Å²) in [5, 5.41) is 8.85.